The van der Waals surface area contributed by atoms with Crippen molar-refractivity contribution in [2.45, 2.75) is 49.9 Å². The summed E-state index contributed by atoms with van der Waals surface area (Å²) in [5, 5.41) is 8.17. The Hall–Kier alpha value is 0. The van der Waals surface area contributed by atoms with Crippen molar-refractivity contribution in [2.24, 2.45) is 0 Å². The number of hydrogen-bond acceptors (Lipinski definition) is 3. The van der Waals surface area contributed by atoms with Gasteiger partial charge in [0.2, 0.25) is 0 Å². The van der Waals surface area contributed by atoms with Crippen LogP contribution < -0.4 is 10.6 Å². The average molecular weight is 276 g/mol. The van der Waals surface area contributed by atoms with Crippen LogP contribution in [0.5, 0.6) is 0 Å². The van der Waals surface area contributed by atoms with Gasteiger partial charge in [-0.05, 0) is 38.2 Å². The molecule has 5 heteroatoms. The quantitative estimate of drug-likeness (QED) is 0.752. The van der Waals surface area contributed by atoms with Gasteiger partial charge >= 0.3 is 0 Å². The molecule has 0 heterocycles. The van der Waals surface area contributed by atoms with Crippen LogP contribution in [0.3, 0.4) is 0 Å². The lowest BCUT2D eigenvalue weighted by molar-refractivity contribution is 0.179. The Bertz CT molecular complexity index is 239. The largest absolute Gasteiger partial charge is 0.383 e. The molecule has 0 radical (unpaired) electrons. The molecule has 17 heavy (non-hydrogen) atoms. The van der Waals surface area contributed by atoms with Gasteiger partial charge in [-0.3, -0.25) is 0 Å². The third kappa shape index (κ3) is 5.44. The van der Waals surface area contributed by atoms with Gasteiger partial charge in [-0.1, -0.05) is 12.8 Å². The zero-order valence-corrected chi connectivity index (χ0v) is 12.6. The van der Waals surface area contributed by atoms with Crippen molar-refractivity contribution in [3.05, 3.63) is 0 Å². The van der Waals surface area contributed by atoms with E-state index in [1.807, 2.05) is 11.8 Å². The van der Waals surface area contributed by atoms with Gasteiger partial charge in [-0.2, -0.15) is 11.8 Å². The first-order chi connectivity index (χ1) is 8.17. The molecule has 1 aliphatic rings. The van der Waals surface area contributed by atoms with Gasteiger partial charge in [0.05, 0.1) is 6.61 Å². The highest BCUT2D eigenvalue weighted by atomic mass is 32.2. The number of thiocarbonyl (C=S) groups is 1. The maximum Gasteiger partial charge on any atom is 0.166 e. The van der Waals surface area contributed by atoms with Crippen molar-refractivity contribution in [3.63, 3.8) is 0 Å². The zero-order valence-electron chi connectivity index (χ0n) is 11.0. The molecule has 0 saturated heterocycles. The standard InChI is InChI=1S/C12H24N2OS2/c1-9(8-15-2)13-12(16)14-10-6-4-5-7-11(10)17-3/h9-11H,4-8H2,1-3H3,(H2,13,14,16). The molecule has 0 aromatic heterocycles. The third-order valence-electron chi connectivity index (χ3n) is 3.12. The maximum atomic E-state index is 5.34. The summed E-state index contributed by atoms with van der Waals surface area (Å²) in [5.41, 5.74) is 0. The molecule has 1 aliphatic carbocycles. The Morgan fingerprint density at radius 3 is 2.82 bits per heavy atom. The molecule has 1 fully saturated rings. The van der Waals surface area contributed by atoms with Gasteiger partial charge < -0.3 is 15.4 Å². The van der Waals surface area contributed by atoms with E-state index in [0.717, 1.165) is 5.11 Å². The van der Waals surface area contributed by atoms with Crippen molar-refractivity contribution in [2.75, 3.05) is 20.0 Å². The van der Waals surface area contributed by atoms with Gasteiger partial charge in [0.1, 0.15) is 0 Å². The fourth-order valence-electron chi connectivity index (χ4n) is 2.27. The van der Waals surface area contributed by atoms with E-state index in [4.69, 9.17) is 17.0 Å². The van der Waals surface area contributed by atoms with Crippen LogP contribution in [-0.4, -0.2) is 42.4 Å². The molecule has 0 spiro atoms. The Balaban J connectivity index is 2.33. The SMILES string of the molecule is COCC(C)NC(=S)NC1CCCCC1SC. The predicted octanol–water partition coefficient (Wildman–Crippen LogP) is 2.16. The monoisotopic (exact) mass is 276 g/mol. The van der Waals surface area contributed by atoms with E-state index >= 15 is 0 Å². The summed E-state index contributed by atoms with van der Waals surface area (Å²) in [7, 11) is 1.71. The second-order valence-corrected chi connectivity index (χ2v) is 6.12. The van der Waals surface area contributed by atoms with E-state index < -0.39 is 0 Å². The van der Waals surface area contributed by atoms with Crippen LogP contribution in [0, 0.1) is 0 Å². The number of nitrogens with one attached hydrogen (secondary N) is 2. The molecule has 0 amide bonds. The van der Waals surface area contributed by atoms with Gasteiger partial charge in [-0.15, -0.1) is 0 Å². The van der Waals surface area contributed by atoms with Gasteiger partial charge in [0, 0.05) is 24.4 Å². The molecule has 0 aromatic rings. The van der Waals surface area contributed by atoms with Crippen molar-refractivity contribution < 1.29 is 4.74 Å². The number of ether oxygens (including phenoxy) is 1. The first-order valence-corrected chi connectivity index (χ1v) is 7.95. The first-order valence-electron chi connectivity index (χ1n) is 6.26. The van der Waals surface area contributed by atoms with E-state index in [1.165, 1.54) is 25.7 Å². The Morgan fingerprint density at radius 2 is 2.18 bits per heavy atom. The van der Waals surface area contributed by atoms with Crippen molar-refractivity contribution in [1.29, 1.82) is 0 Å². The van der Waals surface area contributed by atoms with Crippen molar-refractivity contribution >= 4 is 29.1 Å². The van der Waals surface area contributed by atoms with E-state index in [0.29, 0.717) is 17.9 Å². The summed E-state index contributed by atoms with van der Waals surface area (Å²) in [6, 6.07) is 0.782. The lowest BCUT2D eigenvalue weighted by atomic mass is 9.95. The number of rotatable bonds is 5. The number of hydrogen-bond donors (Lipinski definition) is 2. The van der Waals surface area contributed by atoms with Crippen LogP contribution in [0.4, 0.5) is 0 Å². The molecule has 2 N–H and O–H groups in total. The van der Waals surface area contributed by atoms with Crippen LogP contribution in [0.15, 0.2) is 0 Å². The second kappa shape index (κ2) is 8.16. The van der Waals surface area contributed by atoms with E-state index in [1.54, 1.807) is 7.11 Å². The van der Waals surface area contributed by atoms with E-state index in [-0.39, 0.29) is 6.04 Å². The highest BCUT2D eigenvalue weighted by Gasteiger charge is 2.24. The Labute approximate surface area is 114 Å². The first kappa shape index (κ1) is 15.1. The molecule has 1 rings (SSSR count). The van der Waals surface area contributed by atoms with Crippen molar-refractivity contribution in [3.8, 4) is 0 Å². The lowest BCUT2D eigenvalue weighted by Crippen LogP contribution is -2.50. The number of methoxy groups -OCH3 is 1. The molecule has 3 nitrogen and oxygen atoms in total. The van der Waals surface area contributed by atoms with Gasteiger partial charge in [-0.25, -0.2) is 0 Å². The highest BCUT2D eigenvalue weighted by molar-refractivity contribution is 7.99. The van der Waals surface area contributed by atoms with Crippen LogP contribution in [0.2, 0.25) is 0 Å². The molecule has 0 aromatic carbocycles. The highest BCUT2D eigenvalue weighted by Crippen LogP contribution is 2.26. The maximum absolute atomic E-state index is 5.34. The second-order valence-electron chi connectivity index (χ2n) is 4.64. The molecule has 100 valence electrons. The number of thioether (sulfide) groups is 1. The molecule has 1 saturated carbocycles. The van der Waals surface area contributed by atoms with Crippen LogP contribution in [0.25, 0.3) is 0 Å². The summed E-state index contributed by atoms with van der Waals surface area (Å²) in [6.45, 7) is 2.75. The summed E-state index contributed by atoms with van der Waals surface area (Å²) >= 11 is 7.29. The average Bonchev–Trinajstić information content (AvgIpc) is 2.29. The van der Waals surface area contributed by atoms with Gasteiger partial charge in [0.25, 0.3) is 0 Å². The fraction of sp³-hybridized carbons (Fsp3) is 0.917. The Morgan fingerprint density at radius 1 is 1.47 bits per heavy atom. The summed E-state index contributed by atoms with van der Waals surface area (Å²) < 4.78 is 5.08. The smallest absolute Gasteiger partial charge is 0.166 e. The lowest BCUT2D eigenvalue weighted by Gasteiger charge is -2.32. The minimum absolute atomic E-state index is 0.260. The molecular formula is C12H24N2OS2. The molecule has 0 bridgehead atoms. The van der Waals surface area contributed by atoms with Crippen LogP contribution in [-0.2, 0) is 4.74 Å². The van der Waals surface area contributed by atoms with E-state index in [2.05, 4.69) is 23.8 Å². The fourth-order valence-corrected chi connectivity index (χ4v) is 3.56. The topological polar surface area (TPSA) is 33.3 Å². The normalized spacial score (nSPS) is 26.3. The molecule has 0 aliphatic heterocycles. The molecule has 3 unspecified atom stereocenters. The predicted molar refractivity (Wildman–Crippen MR) is 79.8 cm³/mol. The van der Waals surface area contributed by atoms with E-state index in [9.17, 15) is 0 Å². The van der Waals surface area contributed by atoms with Crippen molar-refractivity contribution in [1.82, 2.24) is 10.6 Å². The summed E-state index contributed by atoms with van der Waals surface area (Å²) in [5.74, 6) is 0. The third-order valence-corrected chi connectivity index (χ3v) is 4.52. The minimum Gasteiger partial charge on any atom is -0.383 e. The van der Waals surface area contributed by atoms with Gasteiger partial charge in [0.15, 0.2) is 5.11 Å². The molecule has 3 atom stereocenters. The van der Waals surface area contributed by atoms with Crippen LogP contribution >= 0.6 is 24.0 Å². The van der Waals surface area contributed by atoms with Crippen LogP contribution in [0.1, 0.15) is 32.6 Å². The Kier molecular flexibility index (Phi) is 7.23. The molecular weight excluding hydrogens is 252 g/mol. The minimum atomic E-state index is 0.260. The summed E-state index contributed by atoms with van der Waals surface area (Å²) in [6.07, 6.45) is 7.38. The zero-order chi connectivity index (χ0) is 12.7. The summed E-state index contributed by atoms with van der Waals surface area (Å²) in [4.78, 5) is 0.